The highest BCUT2D eigenvalue weighted by Crippen LogP contribution is 2.22. The Kier molecular flexibility index (Phi) is 6.69. The predicted octanol–water partition coefficient (Wildman–Crippen LogP) is 4.20. The average Bonchev–Trinajstić information content (AvgIpc) is 2.93. The van der Waals surface area contributed by atoms with Crippen molar-refractivity contribution in [1.29, 1.82) is 0 Å². The van der Waals surface area contributed by atoms with Gasteiger partial charge in [0.15, 0.2) is 0 Å². The van der Waals surface area contributed by atoms with Crippen molar-refractivity contribution < 1.29 is 5.21 Å². The molecule has 1 aliphatic heterocycles. The molecule has 2 rings (SSSR count). The number of oxime groups is 1. The smallest absolute Gasteiger partial charge is 0.0742 e. The molecule has 1 saturated heterocycles. The van der Waals surface area contributed by atoms with Crippen molar-refractivity contribution in [2.24, 2.45) is 5.16 Å². The zero-order valence-corrected chi connectivity index (χ0v) is 12.3. The van der Waals surface area contributed by atoms with Crippen molar-refractivity contribution >= 4 is 5.71 Å². The first kappa shape index (κ1) is 14.8. The van der Waals surface area contributed by atoms with Gasteiger partial charge in [0.2, 0.25) is 0 Å². The fraction of sp³-hybridized carbons (Fsp3) is 0.938. The van der Waals surface area contributed by atoms with Gasteiger partial charge in [-0.25, -0.2) is 0 Å². The Bertz CT molecular complexity index is 272. The minimum atomic E-state index is 0.423. The van der Waals surface area contributed by atoms with Gasteiger partial charge in [-0.1, -0.05) is 50.1 Å². The molecule has 0 bridgehead atoms. The van der Waals surface area contributed by atoms with Gasteiger partial charge in [0.1, 0.15) is 0 Å². The molecule has 2 fully saturated rings. The summed E-state index contributed by atoms with van der Waals surface area (Å²) < 4.78 is 0. The van der Waals surface area contributed by atoms with Crippen LogP contribution in [0.1, 0.15) is 77.0 Å². The second-order valence-electron chi connectivity index (χ2n) is 6.22. The van der Waals surface area contributed by atoms with Crippen LogP contribution in [0.15, 0.2) is 5.16 Å². The summed E-state index contributed by atoms with van der Waals surface area (Å²) in [5.41, 5.74) is 1.06. The molecule has 1 N–H and O–H groups in total. The van der Waals surface area contributed by atoms with Crippen LogP contribution in [0.3, 0.4) is 0 Å². The highest BCUT2D eigenvalue weighted by atomic mass is 16.4. The Labute approximate surface area is 118 Å². The van der Waals surface area contributed by atoms with Crippen LogP contribution >= 0.6 is 0 Å². The molecule has 1 atom stereocenters. The molecule has 2 aliphatic rings. The van der Waals surface area contributed by atoms with Crippen molar-refractivity contribution in [2.75, 3.05) is 13.1 Å². The van der Waals surface area contributed by atoms with Gasteiger partial charge in [-0.15, -0.1) is 0 Å². The number of rotatable bonds is 1. The highest BCUT2D eigenvalue weighted by molar-refractivity contribution is 5.89. The summed E-state index contributed by atoms with van der Waals surface area (Å²) in [7, 11) is 0. The molecule has 0 aromatic rings. The summed E-state index contributed by atoms with van der Waals surface area (Å²) in [5, 5.41) is 13.1. The van der Waals surface area contributed by atoms with E-state index in [0.29, 0.717) is 6.04 Å². The molecule has 19 heavy (non-hydrogen) atoms. The van der Waals surface area contributed by atoms with E-state index in [2.05, 4.69) is 10.1 Å². The summed E-state index contributed by atoms with van der Waals surface area (Å²) in [6, 6.07) is 0.423. The summed E-state index contributed by atoms with van der Waals surface area (Å²) in [4.78, 5) is 2.56. The summed E-state index contributed by atoms with van der Waals surface area (Å²) in [6.45, 7) is 2.40. The Balaban J connectivity index is 1.95. The maximum atomic E-state index is 9.39. The molecular formula is C16H30N2O. The molecular weight excluding hydrogens is 236 g/mol. The van der Waals surface area contributed by atoms with E-state index in [1.165, 1.54) is 83.7 Å². The molecule has 3 heteroatoms. The van der Waals surface area contributed by atoms with E-state index >= 15 is 0 Å². The van der Waals surface area contributed by atoms with Gasteiger partial charge in [0, 0.05) is 0 Å². The van der Waals surface area contributed by atoms with E-state index < -0.39 is 0 Å². The first-order valence-corrected chi connectivity index (χ1v) is 8.36. The van der Waals surface area contributed by atoms with E-state index in [0.717, 1.165) is 12.1 Å². The minimum absolute atomic E-state index is 0.423. The molecule has 1 heterocycles. The second-order valence-corrected chi connectivity index (χ2v) is 6.22. The summed E-state index contributed by atoms with van der Waals surface area (Å²) in [5.74, 6) is 0. The maximum Gasteiger partial charge on any atom is 0.0742 e. The van der Waals surface area contributed by atoms with Crippen LogP contribution in [0.2, 0.25) is 0 Å². The first-order chi connectivity index (χ1) is 9.42. The first-order valence-electron chi connectivity index (χ1n) is 8.36. The maximum absolute atomic E-state index is 9.39. The van der Waals surface area contributed by atoms with Gasteiger partial charge in [-0.3, -0.25) is 4.90 Å². The number of likely N-dealkylation sites (tertiary alicyclic amines) is 1. The Morgan fingerprint density at radius 2 is 1.37 bits per heavy atom. The van der Waals surface area contributed by atoms with E-state index in [-0.39, 0.29) is 0 Å². The molecule has 0 unspecified atom stereocenters. The normalized spacial score (nSPS) is 30.9. The van der Waals surface area contributed by atoms with E-state index in [1.807, 2.05) is 0 Å². The molecule has 0 aromatic carbocycles. The standard InChI is InChI=1S/C16H30N2O/c19-17-15-11-7-5-3-1-2-4-6-8-12-16(15)18-13-9-10-14-18/h16,19H,1-14H2/b17-15+/t16-/m0/s1. The van der Waals surface area contributed by atoms with Gasteiger partial charge in [0.05, 0.1) is 11.8 Å². The highest BCUT2D eigenvalue weighted by Gasteiger charge is 2.26. The number of nitrogens with zero attached hydrogens (tertiary/aromatic N) is 2. The topological polar surface area (TPSA) is 35.8 Å². The largest absolute Gasteiger partial charge is 0.411 e. The lowest BCUT2D eigenvalue weighted by Crippen LogP contribution is -2.39. The van der Waals surface area contributed by atoms with Crippen LogP contribution in [-0.4, -0.2) is 35.0 Å². The second kappa shape index (κ2) is 8.57. The van der Waals surface area contributed by atoms with Crippen molar-refractivity contribution in [1.82, 2.24) is 4.90 Å². The van der Waals surface area contributed by atoms with Crippen LogP contribution in [0.5, 0.6) is 0 Å². The van der Waals surface area contributed by atoms with E-state index in [4.69, 9.17) is 0 Å². The van der Waals surface area contributed by atoms with Crippen LogP contribution in [0.4, 0.5) is 0 Å². The fourth-order valence-electron chi connectivity index (χ4n) is 3.60. The van der Waals surface area contributed by atoms with Crippen LogP contribution in [-0.2, 0) is 0 Å². The van der Waals surface area contributed by atoms with Crippen LogP contribution < -0.4 is 0 Å². The van der Waals surface area contributed by atoms with Crippen molar-refractivity contribution in [3.63, 3.8) is 0 Å². The van der Waals surface area contributed by atoms with Crippen LogP contribution in [0, 0.1) is 0 Å². The van der Waals surface area contributed by atoms with Gasteiger partial charge in [-0.2, -0.15) is 0 Å². The number of hydrogen-bond donors (Lipinski definition) is 1. The summed E-state index contributed by atoms with van der Waals surface area (Å²) >= 11 is 0. The Morgan fingerprint density at radius 1 is 0.789 bits per heavy atom. The molecule has 0 spiro atoms. The van der Waals surface area contributed by atoms with Gasteiger partial charge >= 0.3 is 0 Å². The Hall–Kier alpha value is -0.570. The molecule has 0 aromatic heterocycles. The lowest BCUT2D eigenvalue weighted by molar-refractivity contribution is 0.261. The number of hydrogen-bond acceptors (Lipinski definition) is 3. The van der Waals surface area contributed by atoms with Gasteiger partial charge in [-0.05, 0) is 45.2 Å². The third-order valence-electron chi connectivity index (χ3n) is 4.75. The van der Waals surface area contributed by atoms with Crippen molar-refractivity contribution in [3.8, 4) is 0 Å². The monoisotopic (exact) mass is 266 g/mol. The molecule has 0 amide bonds. The lowest BCUT2D eigenvalue weighted by Gasteiger charge is -2.28. The third kappa shape index (κ3) is 4.79. The van der Waals surface area contributed by atoms with Gasteiger partial charge in [0.25, 0.3) is 0 Å². The van der Waals surface area contributed by atoms with Gasteiger partial charge < -0.3 is 5.21 Å². The molecule has 1 saturated carbocycles. The summed E-state index contributed by atoms with van der Waals surface area (Å²) in [6.07, 6.45) is 15.5. The van der Waals surface area contributed by atoms with E-state index in [1.54, 1.807) is 0 Å². The van der Waals surface area contributed by atoms with Crippen molar-refractivity contribution in [3.05, 3.63) is 0 Å². The van der Waals surface area contributed by atoms with Crippen molar-refractivity contribution in [2.45, 2.75) is 83.1 Å². The third-order valence-corrected chi connectivity index (χ3v) is 4.75. The molecule has 0 radical (unpaired) electrons. The SMILES string of the molecule is O/N=C1\CCCCCCCCCC[C@@H]1N1CCCC1. The fourth-order valence-corrected chi connectivity index (χ4v) is 3.60. The van der Waals surface area contributed by atoms with Crippen LogP contribution in [0.25, 0.3) is 0 Å². The zero-order chi connectivity index (χ0) is 13.3. The molecule has 1 aliphatic carbocycles. The quantitative estimate of drug-likeness (QED) is 0.570. The predicted molar refractivity (Wildman–Crippen MR) is 80.0 cm³/mol. The molecule has 110 valence electrons. The Morgan fingerprint density at radius 3 is 2.00 bits per heavy atom. The average molecular weight is 266 g/mol. The zero-order valence-electron chi connectivity index (χ0n) is 12.3. The lowest BCUT2D eigenvalue weighted by atomic mass is 9.95. The molecule has 3 nitrogen and oxygen atoms in total. The van der Waals surface area contributed by atoms with E-state index in [9.17, 15) is 5.21 Å². The minimum Gasteiger partial charge on any atom is -0.411 e.